The third-order valence-electron chi connectivity index (χ3n) is 5.04. The van der Waals surface area contributed by atoms with Crippen molar-refractivity contribution < 1.29 is 14.3 Å². The largest absolute Gasteiger partial charge is 0.481 e. The molecule has 0 fully saturated rings. The molecule has 144 valence electrons. The average Bonchev–Trinajstić information content (AvgIpc) is 2.74. The summed E-state index contributed by atoms with van der Waals surface area (Å²) in [5, 5.41) is 12.8. The molecule has 0 amide bonds. The van der Waals surface area contributed by atoms with Crippen LogP contribution in [0.15, 0.2) is 91.0 Å². The number of nitrogens with two attached hydrogens (primary N) is 1. The van der Waals surface area contributed by atoms with Gasteiger partial charge in [0.2, 0.25) is 0 Å². The Kier molecular flexibility index (Phi) is 6.41. The highest BCUT2D eigenvalue weighted by Crippen LogP contribution is 2.17. The van der Waals surface area contributed by atoms with E-state index < -0.39 is 26.3 Å². The normalized spacial score (nSPS) is 13.6. The second-order valence-corrected chi connectivity index (χ2v) is 10.1. The van der Waals surface area contributed by atoms with E-state index in [0.29, 0.717) is 0 Å². The minimum atomic E-state index is -2.93. The fourth-order valence-electron chi connectivity index (χ4n) is 3.58. The summed E-state index contributed by atoms with van der Waals surface area (Å²) in [5.41, 5.74) is 5.76. The van der Waals surface area contributed by atoms with Gasteiger partial charge in [-0.1, -0.05) is 91.0 Å². The molecule has 3 rings (SSSR count). The van der Waals surface area contributed by atoms with Crippen molar-refractivity contribution in [1.82, 2.24) is 0 Å². The van der Waals surface area contributed by atoms with Crippen molar-refractivity contribution >= 4 is 29.8 Å². The maximum atomic E-state index is 11.7. The topological polar surface area (TPSA) is 72.5 Å². The molecule has 0 aliphatic rings. The van der Waals surface area contributed by atoms with Crippen LogP contribution in [0, 0.1) is 5.92 Å². The standard InChI is InChI=1S/C23H25NO3Si/c1-18(22(17-24)23(25)26)27-28(19-11-5-2-6-12-19,20-13-7-3-8-14-20)21-15-9-4-10-16-21/h2-16,18,22H,17,24H2,1H3,(H,25,26)/t18-,22+/m1/s1. The van der Waals surface area contributed by atoms with Crippen molar-refractivity contribution in [3.05, 3.63) is 91.0 Å². The number of hydrogen-bond donors (Lipinski definition) is 2. The number of carboxylic acids is 1. The SMILES string of the molecule is C[C@@H](O[Si](c1ccccc1)(c1ccccc1)c1ccccc1)[C@H](CN)C(=O)O. The zero-order valence-electron chi connectivity index (χ0n) is 15.9. The summed E-state index contributed by atoms with van der Waals surface area (Å²) in [4.78, 5) is 11.7. The number of rotatable bonds is 8. The maximum Gasteiger partial charge on any atom is 0.310 e. The molecule has 0 radical (unpaired) electrons. The fraction of sp³-hybridized carbons (Fsp3) is 0.174. The lowest BCUT2D eigenvalue weighted by molar-refractivity contribution is -0.144. The Morgan fingerprint density at radius 2 is 1.21 bits per heavy atom. The summed E-state index contributed by atoms with van der Waals surface area (Å²) >= 11 is 0. The molecule has 0 spiro atoms. The Morgan fingerprint density at radius 3 is 1.50 bits per heavy atom. The molecule has 28 heavy (non-hydrogen) atoms. The molecule has 0 saturated carbocycles. The number of hydrogen-bond acceptors (Lipinski definition) is 3. The zero-order valence-corrected chi connectivity index (χ0v) is 16.9. The van der Waals surface area contributed by atoms with Gasteiger partial charge in [0, 0.05) is 6.54 Å². The average molecular weight is 392 g/mol. The molecule has 0 heterocycles. The first-order valence-electron chi connectivity index (χ1n) is 9.37. The molecule has 3 aromatic carbocycles. The Labute approximate surface area is 166 Å². The molecule has 0 unspecified atom stereocenters. The third-order valence-corrected chi connectivity index (χ3v) is 9.21. The molecule has 0 saturated heterocycles. The maximum absolute atomic E-state index is 11.7. The van der Waals surface area contributed by atoms with E-state index in [9.17, 15) is 9.90 Å². The van der Waals surface area contributed by atoms with Crippen molar-refractivity contribution in [2.24, 2.45) is 11.7 Å². The van der Waals surface area contributed by atoms with E-state index in [4.69, 9.17) is 10.2 Å². The Morgan fingerprint density at radius 1 is 0.857 bits per heavy atom. The van der Waals surface area contributed by atoms with Gasteiger partial charge in [-0.05, 0) is 22.5 Å². The van der Waals surface area contributed by atoms with E-state index in [-0.39, 0.29) is 6.54 Å². The minimum Gasteiger partial charge on any atom is -0.481 e. The Balaban J connectivity index is 2.24. The molecular formula is C23H25NO3Si. The molecule has 2 atom stereocenters. The monoisotopic (exact) mass is 391 g/mol. The molecule has 5 heteroatoms. The third kappa shape index (κ3) is 3.92. The summed E-state index contributed by atoms with van der Waals surface area (Å²) < 4.78 is 6.79. The highest BCUT2D eigenvalue weighted by molar-refractivity contribution is 7.07. The van der Waals surface area contributed by atoms with Crippen molar-refractivity contribution in [3.63, 3.8) is 0 Å². The summed E-state index contributed by atoms with van der Waals surface area (Å²) in [6.07, 6.45) is -0.546. The lowest BCUT2D eigenvalue weighted by Crippen LogP contribution is -2.70. The van der Waals surface area contributed by atoms with E-state index in [0.717, 1.165) is 15.6 Å². The molecule has 4 nitrogen and oxygen atoms in total. The first-order valence-corrected chi connectivity index (χ1v) is 11.3. The minimum absolute atomic E-state index is 0.0271. The molecule has 0 aromatic heterocycles. The lowest BCUT2D eigenvalue weighted by Gasteiger charge is -2.37. The second-order valence-electron chi connectivity index (χ2n) is 6.78. The number of aliphatic carboxylic acids is 1. The van der Waals surface area contributed by atoms with Gasteiger partial charge in [-0.15, -0.1) is 0 Å². The quantitative estimate of drug-likeness (QED) is 0.453. The molecule has 3 N–H and O–H groups in total. The van der Waals surface area contributed by atoms with Gasteiger partial charge >= 0.3 is 5.97 Å². The molecular weight excluding hydrogens is 366 g/mol. The van der Waals surface area contributed by atoms with Crippen LogP contribution in [-0.2, 0) is 9.22 Å². The van der Waals surface area contributed by atoms with Gasteiger partial charge in [0.25, 0.3) is 8.32 Å². The summed E-state index contributed by atoms with van der Waals surface area (Å²) in [7, 11) is -2.93. The predicted molar refractivity (Wildman–Crippen MR) is 115 cm³/mol. The van der Waals surface area contributed by atoms with Gasteiger partial charge in [0.15, 0.2) is 0 Å². The van der Waals surface area contributed by atoms with E-state index >= 15 is 0 Å². The molecule has 0 aliphatic carbocycles. The van der Waals surface area contributed by atoms with E-state index in [1.54, 1.807) is 0 Å². The van der Waals surface area contributed by atoms with Crippen molar-refractivity contribution in [2.75, 3.05) is 6.54 Å². The van der Waals surface area contributed by atoms with Gasteiger partial charge in [-0.25, -0.2) is 0 Å². The smallest absolute Gasteiger partial charge is 0.310 e. The summed E-state index contributed by atoms with van der Waals surface area (Å²) in [6, 6.07) is 30.3. The van der Waals surface area contributed by atoms with Crippen LogP contribution in [0.5, 0.6) is 0 Å². The fourth-order valence-corrected chi connectivity index (χ4v) is 7.69. The van der Waals surface area contributed by atoms with E-state index in [1.807, 2.05) is 61.5 Å². The van der Waals surface area contributed by atoms with Crippen molar-refractivity contribution in [1.29, 1.82) is 0 Å². The molecule has 3 aromatic rings. The van der Waals surface area contributed by atoms with Crippen LogP contribution in [0.1, 0.15) is 6.92 Å². The van der Waals surface area contributed by atoms with Crippen LogP contribution in [0.3, 0.4) is 0 Å². The van der Waals surface area contributed by atoms with Gasteiger partial charge < -0.3 is 15.3 Å². The van der Waals surface area contributed by atoms with Gasteiger partial charge in [0.05, 0.1) is 12.0 Å². The highest BCUT2D eigenvalue weighted by Gasteiger charge is 2.44. The number of carbonyl (C=O) groups is 1. The van der Waals surface area contributed by atoms with Crippen LogP contribution in [0.25, 0.3) is 0 Å². The first kappa shape index (κ1) is 20.0. The van der Waals surface area contributed by atoms with Gasteiger partial charge in [0.1, 0.15) is 0 Å². The van der Waals surface area contributed by atoms with Crippen molar-refractivity contribution in [2.45, 2.75) is 13.0 Å². The predicted octanol–water partition coefficient (Wildman–Crippen LogP) is 1.72. The van der Waals surface area contributed by atoms with Gasteiger partial charge in [-0.2, -0.15) is 0 Å². The van der Waals surface area contributed by atoms with Crippen LogP contribution in [-0.4, -0.2) is 32.0 Å². The molecule has 0 aliphatic heterocycles. The van der Waals surface area contributed by atoms with Crippen LogP contribution < -0.4 is 21.3 Å². The van der Waals surface area contributed by atoms with Crippen LogP contribution in [0.2, 0.25) is 0 Å². The zero-order chi connectivity index (χ0) is 20.0. The summed E-state index contributed by atoms with van der Waals surface area (Å²) in [6.45, 7) is 1.83. The van der Waals surface area contributed by atoms with E-state index in [2.05, 4.69) is 36.4 Å². The van der Waals surface area contributed by atoms with E-state index in [1.165, 1.54) is 0 Å². The van der Waals surface area contributed by atoms with Crippen LogP contribution in [0.4, 0.5) is 0 Å². The van der Waals surface area contributed by atoms with Crippen molar-refractivity contribution in [3.8, 4) is 0 Å². The van der Waals surface area contributed by atoms with Crippen LogP contribution >= 0.6 is 0 Å². The first-order chi connectivity index (χ1) is 13.6. The van der Waals surface area contributed by atoms with Gasteiger partial charge in [-0.3, -0.25) is 4.79 Å². The Bertz CT molecular complexity index is 791. The summed E-state index contributed by atoms with van der Waals surface area (Å²) in [5.74, 6) is -1.71. The Hall–Kier alpha value is -2.73. The number of carboxylic acid groups (broad SMARTS) is 1. The number of benzene rings is 3. The molecule has 0 bridgehead atoms. The lowest BCUT2D eigenvalue weighted by atomic mass is 10.1. The highest BCUT2D eigenvalue weighted by atomic mass is 28.4. The second kappa shape index (κ2) is 8.97.